The largest absolute Gasteiger partial charge is 0.491 e. The van der Waals surface area contributed by atoms with Crippen molar-refractivity contribution in [3.8, 4) is 17.2 Å². The van der Waals surface area contributed by atoms with Gasteiger partial charge in [0.15, 0.2) is 18.1 Å². The number of hydrogen-bond donors (Lipinski definition) is 1. The SMILES string of the molecule is CCOc1cc(/C=C2\SC(=O)N(CCOc3cc(C)ccc3C(C)C)C2=O)ccc1OCC(=O)Nc1ccccc1. The van der Waals surface area contributed by atoms with Crippen LogP contribution in [0.2, 0.25) is 0 Å². The average Bonchev–Trinajstić information content (AvgIpc) is 3.20. The molecule has 1 fully saturated rings. The summed E-state index contributed by atoms with van der Waals surface area (Å²) in [5, 5.41) is 2.43. The normalized spacial score (nSPS) is 14.1. The molecule has 4 rings (SSSR count). The van der Waals surface area contributed by atoms with E-state index in [2.05, 4.69) is 19.2 Å². The van der Waals surface area contributed by atoms with Gasteiger partial charge in [0.05, 0.1) is 18.1 Å². The minimum atomic E-state index is -0.368. The van der Waals surface area contributed by atoms with Crippen molar-refractivity contribution in [2.45, 2.75) is 33.6 Å². The predicted molar refractivity (Wildman–Crippen MR) is 162 cm³/mol. The van der Waals surface area contributed by atoms with Crippen LogP contribution in [0, 0.1) is 6.92 Å². The molecule has 0 atom stereocenters. The van der Waals surface area contributed by atoms with Crippen molar-refractivity contribution in [3.63, 3.8) is 0 Å². The fourth-order valence-corrected chi connectivity index (χ4v) is 5.06. The van der Waals surface area contributed by atoms with Gasteiger partial charge in [-0.15, -0.1) is 0 Å². The molecule has 1 aliphatic rings. The Morgan fingerprint density at radius 1 is 0.951 bits per heavy atom. The molecule has 0 aromatic heterocycles. The van der Waals surface area contributed by atoms with Crippen molar-refractivity contribution in [2.75, 3.05) is 31.7 Å². The van der Waals surface area contributed by atoms with E-state index in [0.717, 1.165) is 28.6 Å². The van der Waals surface area contributed by atoms with Crippen LogP contribution in [0.1, 0.15) is 43.4 Å². The second kappa shape index (κ2) is 13.9. The molecule has 0 aliphatic carbocycles. The maximum Gasteiger partial charge on any atom is 0.293 e. The Balaban J connectivity index is 1.39. The van der Waals surface area contributed by atoms with Crippen LogP contribution >= 0.6 is 11.8 Å². The second-order valence-corrected chi connectivity index (χ2v) is 10.7. The number of nitrogens with zero attached hydrogens (tertiary/aromatic N) is 1. The number of imide groups is 1. The van der Waals surface area contributed by atoms with E-state index >= 15 is 0 Å². The van der Waals surface area contributed by atoms with Gasteiger partial charge >= 0.3 is 0 Å². The standard InChI is InChI=1S/C32H34N2O6S/c1-5-38-28-18-23(12-14-26(28)40-20-30(35)33-24-9-7-6-8-10-24)19-29-31(36)34(32(37)41-29)15-16-39-27-17-22(4)11-13-25(27)21(2)3/h6-14,17-19,21H,5,15-16,20H2,1-4H3,(H,33,35)/b29-19-. The minimum Gasteiger partial charge on any atom is -0.491 e. The van der Waals surface area contributed by atoms with Crippen LogP contribution in [-0.2, 0) is 9.59 Å². The zero-order valence-corrected chi connectivity index (χ0v) is 24.5. The lowest BCUT2D eigenvalue weighted by molar-refractivity contribution is -0.123. The lowest BCUT2D eigenvalue weighted by atomic mass is 10.0. The van der Waals surface area contributed by atoms with Gasteiger partial charge in [-0.1, -0.05) is 50.2 Å². The molecule has 0 unspecified atom stereocenters. The first kappa shape index (κ1) is 29.7. The highest BCUT2D eigenvalue weighted by atomic mass is 32.2. The van der Waals surface area contributed by atoms with Gasteiger partial charge in [0.1, 0.15) is 12.4 Å². The van der Waals surface area contributed by atoms with Gasteiger partial charge in [-0.3, -0.25) is 19.3 Å². The Kier molecular flexibility index (Phi) is 10.1. The fourth-order valence-electron chi connectivity index (χ4n) is 4.20. The minimum absolute atomic E-state index is 0.148. The first-order valence-corrected chi connectivity index (χ1v) is 14.3. The summed E-state index contributed by atoms with van der Waals surface area (Å²) in [5.41, 5.74) is 3.51. The zero-order chi connectivity index (χ0) is 29.4. The molecule has 0 radical (unpaired) electrons. The van der Waals surface area contributed by atoms with Gasteiger partial charge in [-0.2, -0.15) is 0 Å². The summed E-state index contributed by atoms with van der Waals surface area (Å²) in [6, 6.07) is 20.3. The van der Waals surface area contributed by atoms with Crippen molar-refractivity contribution >= 4 is 40.6 Å². The molecular weight excluding hydrogens is 540 g/mol. The number of amides is 3. The van der Waals surface area contributed by atoms with E-state index in [-0.39, 0.29) is 42.7 Å². The lowest BCUT2D eigenvalue weighted by Crippen LogP contribution is -2.32. The number of para-hydroxylation sites is 1. The number of anilines is 1. The maximum absolute atomic E-state index is 13.1. The summed E-state index contributed by atoms with van der Waals surface area (Å²) >= 11 is 0.890. The second-order valence-electron chi connectivity index (χ2n) is 9.72. The lowest BCUT2D eigenvalue weighted by Gasteiger charge is -2.17. The smallest absolute Gasteiger partial charge is 0.293 e. The molecule has 0 bridgehead atoms. The van der Waals surface area contributed by atoms with Crippen LogP contribution in [0.4, 0.5) is 10.5 Å². The number of rotatable bonds is 12. The molecule has 3 aromatic rings. The van der Waals surface area contributed by atoms with E-state index in [1.54, 1.807) is 36.4 Å². The molecule has 1 saturated heterocycles. The number of aryl methyl sites for hydroxylation is 1. The van der Waals surface area contributed by atoms with Crippen LogP contribution < -0.4 is 19.5 Å². The number of hydrogen-bond acceptors (Lipinski definition) is 7. The Labute approximate surface area is 244 Å². The maximum atomic E-state index is 13.1. The number of carbonyl (C=O) groups is 3. The highest BCUT2D eigenvalue weighted by molar-refractivity contribution is 8.18. The van der Waals surface area contributed by atoms with Gasteiger partial charge in [0, 0.05) is 5.69 Å². The van der Waals surface area contributed by atoms with Gasteiger partial charge in [-0.05, 0) is 84.6 Å². The summed E-state index contributed by atoms with van der Waals surface area (Å²) in [4.78, 5) is 39.5. The van der Waals surface area contributed by atoms with Crippen LogP contribution in [-0.4, -0.2) is 48.3 Å². The zero-order valence-electron chi connectivity index (χ0n) is 23.6. The van der Waals surface area contributed by atoms with Crippen LogP contribution in [0.25, 0.3) is 6.08 Å². The molecule has 3 amide bonds. The van der Waals surface area contributed by atoms with E-state index in [1.165, 1.54) is 4.90 Å². The fraction of sp³-hybridized carbons (Fsp3) is 0.281. The number of ether oxygens (including phenoxy) is 3. The molecular formula is C32H34N2O6S. The summed E-state index contributed by atoms with van der Waals surface area (Å²) in [6.45, 7) is 8.56. The molecule has 0 spiro atoms. The van der Waals surface area contributed by atoms with Crippen LogP contribution in [0.3, 0.4) is 0 Å². The molecule has 8 nitrogen and oxygen atoms in total. The summed E-state index contributed by atoms with van der Waals surface area (Å²) in [5.74, 6) is 1.22. The third-order valence-electron chi connectivity index (χ3n) is 6.22. The monoisotopic (exact) mass is 574 g/mol. The molecule has 1 aliphatic heterocycles. The highest BCUT2D eigenvalue weighted by Gasteiger charge is 2.35. The Morgan fingerprint density at radius 3 is 2.46 bits per heavy atom. The molecule has 214 valence electrons. The summed E-state index contributed by atoms with van der Waals surface area (Å²) in [6.07, 6.45) is 1.65. The number of thioether (sulfide) groups is 1. The topological polar surface area (TPSA) is 94.2 Å². The van der Waals surface area contributed by atoms with Crippen molar-refractivity contribution < 1.29 is 28.6 Å². The highest BCUT2D eigenvalue weighted by Crippen LogP contribution is 2.35. The Morgan fingerprint density at radius 2 is 1.73 bits per heavy atom. The van der Waals surface area contributed by atoms with Gasteiger partial charge in [-0.25, -0.2) is 0 Å². The summed E-state index contributed by atoms with van der Waals surface area (Å²) in [7, 11) is 0. The number of benzene rings is 3. The molecule has 1 heterocycles. The van der Waals surface area contributed by atoms with Gasteiger partial charge in [0.2, 0.25) is 0 Å². The average molecular weight is 575 g/mol. The quantitative estimate of drug-likeness (QED) is 0.242. The van der Waals surface area contributed by atoms with Gasteiger partial charge < -0.3 is 19.5 Å². The third kappa shape index (κ3) is 7.91. The van der Waals surface area contributed by atoms with E-state index in [1.807, 2.05) is 50.2 Å². The molecule has 0 saturated carbocycles. The van der Waals surface area contributed by atoms with E-state index < -0.39 is 0 Å². The molecule has 3 aromatic carbocycles. The Hall–Kier alpha value is -4.24. The van der Waals surface area contributed by atoms with E-state index in [0.29, 0.717) is 34.3 Å². The van der Waals surface area contributed by atoms with Gasteiger partial charge in [0.25, 0.3) is 17.1 Å². The number of carbonyl (C=O) groups excluding carboxylic acids is 3. The Bertz CT molecular complexity index is 1440. The van der Waals surface area contributed by atoms with Crippen LogP contribution in [0.15, 0.2) is 71.6 Å². The molecule has 41 heavy (non-hydrogen) atoms. The predicted octanol–water partition coefficient (Wildman–Crippen LogP) is 6.65. The number of nitrogens with one attached hydrogen (secondary N) is 1. The van der Waals surface area contributed by atoms with E-state index in [4.69, 9.17) is 14.2 Å². The first-order valence-electron chi connectivity index (χ1n) is 13.5. The van der Waals surface area contributed by atoms with Crippen molar-refractivity contribution in [3.05, 3.63) is 88.3 Å². The van der Waals surface area contributed by atoms with E-state index in [9.17, 15) is 14.4 Å². The van der Waals surface area contributed by atoms with Crippen molar-refractivity contribution in [2.24, 2.45) is 0 Å². The summed E-state index contributed by atoms with van der Waals surface area (Å²) < 4.78 is 17.4. The third-order valence-corrected chi connectivity index (χ3v) is 7.13. The van der Waals surface area contributed by atoms with Crippen molar-refractivity contribution in [1.82, 2.24) is 4.90 Å². The first-order chi connectivity index (χ1) is 19.7. The molecule has 1 N–H and O–H groups in total. The molecule has 9 heteroatoms. The van der Waals surface area contributed by atoms with Crippen LogP contribution in [0.5, 0.6) is 17.2 Å². The van der Waals surface area contributed by atoms with Crippen molar-refractivity contribution in [1.29, 1.82) is 0 Å².